The first-order valence-corrected chi connectivity index (χ1v) is 7.84. The number of halogens is 2. The van der Waals surface area contributed by atoms with E-state index in [1.165, 1.54) is 31.2 Å². The van der Waals surface area contributed by atoms with Crippen molar-refractivity contribution in [1.82, 2.24) is 10.2 Å². The lowest BCUT2D eigenvalue weighted by Gasteiger charge is -2.41. The van der Waals surface area contributed by atoms with E-state index in [0.29, 0.717) is 15.6 Å². The van der Waals surface area contributed by atoms with Gasteiger partial charge in [0, 0.05) is 31.7 Å². The van der Waals surface area contributed by atoms with Crippen molar-refractivity contribution < 1.29 is 0 Å². The first-order valence-electron chi connectivity index (χ1n) is 7.08. The molecule has 4 heteroatoms. The molecule has 1 aliphatic heterocycles. The Morgan fingerprint density at radius 1 is 1.16 bits per heavy atom. The average Bonchev–Trinajstić information content (AvgIpc) is 2.82. The molecular formula is C15H20Cl2N2. The van der Waals surface area contributed by atoms with Gasteiger partial charge in [-0.2, -0.15) is 0 Å². The molecule has 0 bridgehead atoms. The minimum absolute atomic E-state index is 0.383. The Kier molecular flexibility index (Phi) is 4.04. The Morgan fingerprint density at radius 2 is 1.95 bits per heavy atom. The second-order valence-electron chi connectivity index (χ2n) is 5.87. The average molecular weight is 299 g/mol. The summed E-state index contributed by atoms with van der Waals surface area (Å²) in [5.41, 5.74) is 1.64. The van der Waals surface area contributed by atoms with Gasteiger partial charge in [0.05, 0.1) is 10.0 Å². The number of hydrogen-bond acceptors (Lipinski definition) is 2. The van der Waals surface area contributed by atoms with Crippen LogP contribution < -0.4 is 5.32 Å². The second kappa shape index (κ2) is 5.61. The van der Waals surface area contributed by atoms with Crippen LogP contribution in [0.1, 0.15) is 31.2 Å². The van der Waals surface area contributed by atoms with Crippen molar-refractivity contribution in [2.24, 2.45) is 0 Å². The van der Waals surface area contributed by atoms with E-state index in [-0.39, 0.29) is 0 Å². The number of nitrogens with zero attached hydrogens (tertiary/aromatic N) is 1. The highest BCUT2D eigenvalue weighted by molar-refractivity contribution is 6.42. The van der Waals surface area contributed by atoms with Crippen LogP contribution in [0.15, 0.2) is 18.2 Å². The summed E-state index contributed by atoms with van der Waals surface area (Å²) in [6, 6.07) is 5.97. The largest absolute Gasteiger partial charge is 0.309 e. The van der Waals surface area contributed by atoms with Crippen molar-refractivity contribution in [2.75, 3.05) is 19.6 Å². The number of nitrogens with one attached hydrogen (secondary N) is 1. The fourth-order valence-electron chi connectivity index (χ4n) is 3.46. The lowest BCUT2D eigenvalue weighted by molar-refractivity contribution is 0.129. The van der Waals surface area contributed by atoms with E-state index in [2.05, 4.69) is 16.3 Å². The van der Waals surface area contributed by atoms with Gasteiger partial charge >= 0.3 is 0 Å². The van der Waals surface area contributed by atoms with Crippen LogP contribution in [0.5, 0.6) is 0 Å². The molecule has 1 aromatic carbocycles. The number of hydrogen-bond donors (Lipinski definition) is 1. The predicted octanol–water partition coefficient (Wildman–Crippen LogP) is 3.71. The molecule has 0 radical (unpaired) electrons. The molecule has 0 unspecified atom stereocenters. The molecule has 1 heterocycles. The normalized spacial score (nSPS) is 23.1. The molecule has 1 aliphatic carbocycles. The van der Waals surface area contributed by atoms with E-state index in [1.54, 1.807) is 0 Å². The lowest BCUT2D eigenvalue weighted by Crippen LogP contribution is -2.58. The first-order chi connectivity index (χ1) is 9.17. The Hall–Kier alpha value is -0.280. The van der Waals surface area contributed by atoms with Crippen LogP contribution in [0, 0.1) is 0 Å². The van der Waals surface area contributed by atoms with Crippen molar-refractivity contribution in [3.63, 3.8) is 0 Å². The van der Waals surface area contributed by atoms with E-state index >= 15 is 0 Å². The zero-order valence-electron chi connectivity index (χ0n) is 11.1. The molecule has 1 aromatic rings. The van der Waals surface area contributed by atoms with Crippen LogP contribution in [0.2, 0.25) is 10.0 Å². The van der Waals surface area contributed by atoms with Gasteiger partial charge in [0.1, 0.15) is 0 Å². The van der Waals surface area contributed by atoms with Crippen molar-refractivity contribution >= 4 is 23.2 Å². The van der Waals surface area contributed by atoms with Gasteiger partial charge in [-0.1, -0.05) is 42.1 Å². The van der Waals surface area contributed by atoms with Gasteiger partial charge in [-0.15, -0.1) is 0 Å². The summed E-state index contributed by atoms with van der Waals surface area (Å²) >= 11 is 12.1. The first kappa shape index (κ1) is 13.7. The highest BCUT2D eigenvalue weighted by atomic mass is 35.5. The minimum atomic E-state index is 0.383. The van der Waals surface area contributed by atoms with Crippen LogP contribution in [-0.2, 0) is 6.54 Å². The van der Waals surface area contributed by atoms with Crippen molar-refractivity contribution in [3.05, 3.63) is 33.8 Å². The van der Waals surface area contributed by atoms with Crippen molar-refractivity contribution in [1.29, 1.82) is 0 Å². The summed E-state index contributed by atoms with van der Waals surface area (Å²) in [5, 5.41) is 5.04. The molecule has 1 saturated carbocycles. The monoisotopic (exact) mass is 298 g/mol. The van der Waals surface area contributed by atoms with E-state index in [0.717, 1.165) is 26.2 Å². The summed E-state index contributed by atoms with van der Waals surface area (Å²) in [7, 11) is 0. The summed E-state index contributed by atoms with van der Waals surface area (Å²) in [6.07, 6.45) is 5.39. The van der Waals surface area contributed by atoms with Gasteiger partial charge in [-0.05, 0) is 30.5 Å². The smallest absolute Gasteiger partial charge is 0.0595 e. The van der Waals surface area contributed by atoms with Crippen molar-refractivity contribution in [2.45, 2.75) is 37.8 Å². The van der Waals surface area contributed by atoms with E-state index < -0.39 is 0 Å². The van der Waals surface area contributed by atoms with E-state index in [1.807, 2.05) is 12.1 Å². The predicted molar refractivity (Wildman–Crippen MR) is 80.9 cm³/mol. The third-order valence-electron chi connectivity index (χ3n) is 4.41. The third-order valence-corrected chi connectivity index (χ3v) is 5.14. The minimum Gasteiger partial charge on any atom is -0.309 e. The molecule has 0 aromatic heterocycles. The second-order valence-corrected chi connectivity index (χ2v) is 6.69. The molecule has 19 heavy (non-hydrogen) atoms. The van der Waals surface area contributed by atoms with Crippen LogP contribution >= 0.6 is 23.2 Å². The lowest BCUT2D eigenvalue weighted by atomic mass is 9.94. The van der Waals surface area contributed by atoms with E-state index in [9.17, 15) is 0 Å². The Labute approximate surface area is 125 Å². The summed E-state index contributed by atoms with van der Waals surface area (Å²) in [5.74, 6) is 0. The van der Waals surface area contributed by atoms with Gasteiger partial charge in [0.2, 0.25) is 0 Å². The van der Waals surface area contributed by atoms with Gasteiger partial charge in [-0.25, -0.2) is 0 Å². The Bertz CT molecular complexity index is 455. The number of piperazine rings is 1. The maximum atomic E-state index is 6.09. The molecule has 0 amide bonds. The molecule has 1 N–H and O–H groups in total. The Morgan fingerprint density at radius 3 is 2.68 bits per heavy atom. The molecule has 2 nitrogen and oxygen atoms in total. The highest BCUT2D eigenvalue weighted by Crippen LogP contribution is 2.32. The summed E-state index contributed by atoms with van der Waals surface area (Å²) in [6.45, 7) is 4.34. The number of rotatable bonds is 2. The third kappa shape index (κ3) is 3.08. The topological polar surface area (TPSA) is 15.3 Å². The van der Waals surface area contributed by atoms with Gasteiger partial charge in [-0.3, -0.25) is 4.90 Å². The fraction of sp³-hybridized carbons (Fsp3) is 0.600. The molecule has 3 rings (SSSR count). The molecule has 1 saturated heterocycles. The standard InChI is InChI=1S/C15H20Cl2N2/c16-13-4-3-12(9-14(13)17)10-19-8-7-18-15(11-19)5-1-2-6-15/h3-4,9,18H,1-2,5-8,10-11H2. The molecule has 2 fully saturated rings. The van der Waals surface area contributed by atoms with Gasteiger partial charge < -0.3 is 5.32 Å². The van der Waals surface area contributed by atoms with E-state index in [4.69, 9.17) is 23.2 Å². The van der Waals surface area contributed by atoms with Crippen LogP contribution in [-0.4, -0.2) is 30.1 Å². The van der Waals surface area contributed by atoms with Gasteiger partial charge in [0.25, 0.3) is 0 Å². The fourth-order valence-corrected chi connectivity index (χ4v) is 3.78. The van der Waals surface area contributed by atoms with Crippen LogP contribution in [0.4, 0.5) is 0 Å². The van der Waals surface area contributed by atoms with Gasteiger partial charge in [0.15, 0.2) is 0 Å². The quantitative estimate of drug-likeness (QED) is 0.895. The maximum absolute atomic E-state index is 6.09. The SMILES string of the molecule is Clc1ccc(CN2CCNC3(CCCC3)C2)cc1Cl. The highest BCUT2D eigenvalue weighted by Gasteiger charge is 2.37. The molecule has 104 valence electrons. The molecular weight excluding hydrogens is 279 g/mol. The molecule has 2 aliphatic rings. The molecule has 0 atom stereocenters. The molecule has 1 spiro atoms. The Balaban J connectivity index is 1.67. The van der Waals surface area contributed by atoms with Crippen molar-refractivity contribution in [3.8, 4) is 0 Å². The zero-order valence-corrected chi connectivity index (χ0v) is 12.6. The maximum Gasteiger partial charge on any atom is 0.0595 e. The van der Waals surface area contributed by atoms with Crippen LogP contribution in [0.3, 0.4) is 0 Å². The summed E-state index contributed by atoms with van der Waals surface area (Å²) in [4.78, 5) is 2.54. The van der Waals surface area contributed by atoms with Crippen LogP contribution in [0.25, 0.3) is 0 Å². The summed E-state index contributed by atoms with van der Waals surface area (Å²) < 4.78 is 0. The number of benzene rings is 1. The zero-order chi connectivity index (χ0) is 13.3.